The van der Waals surface area contributed by atoms with Crippen molar-refractivity contribution in [2.24, 2.45) is 11.8 Å². The highest BCUT2D eigenvalue weighted by atomic mass is 16.5. The van der Waals surface area contributed by atoms with E-state index in [-0.39, 0.29) is 35.7 Å². The van der Waals surface area contributed by atoms with Crippen molar-refractivity contribution in [3.05, 3.63) is 0 Å². The predicted octanol–water partition coefficient (Wildman–Crippen LogP) is 2.59. The van der Waals surface area contributed by atoms with E-state index in [1.54, 1.807) is 6.92 Å². The highest BCUT2D eigenvalue weighted by Gasteiger charge is 2.35. The zero-order chi connectivity index (χ0) is 21.9. The molecule has 0 aliphatic carbocycles. The fourth-order valence-electron chi connectivity index (χ4n) is 4.53. The largest absolute Gasteiger partial charge is 0.466 e. The Kier molecular flexibility index (Phi) is 10.6. The molecule has 0 aromatic rings. The number of carbonyl (C=O) groups is 3. The fourth-order valence-corrected chi connectivity index (χ4v) is 4.53. The average molecular weight is 424 g/mol. The molecule has 0 aromatic carbocycles. The Morgan fingerprint density at radius 2 is 1.73 bits per heavy atom. The SMILES string of the molecule is CCCCCCNC(=O)C1CCCN(C(C)C(=O)N2CCCC(C(=O)OCC)C2)C1. The van der Waals surface area contributed by atoms with Gasteiger partial charge in [0.2, 0.25) is 11.8 Å². The molecule has 2 saturated heterocycles. The van der Waals surface area contributed by atoms with Crippen LogP contribution in [0.1, 0.15) is 72.1 Å². The maximum absolute atomic E-state index is 13.1. The van der Waals surface area contributed by atoms with E-state index < -0.39 is 0 Å². The molecule has 7 heteroatoms. The second-order valence-corrected chi connectivity index (χ2v) is 8.74. The van der Waals surface area contributed by atoms with Gasteiger partial charge in [-0.3, -0.25) is 19.3 Å². The highest BCUT2D eigenvalue weighted by molar-refractivity contribution is 5.83. The zero-order valence-corrected chi connectivity index (χ0v) is 19.2. The van der Waals surface area contributed by atoms with Crippen molar-refractivity contribution in [3.63, 3.8) is 0 Å². The number of rotatable bonds is 10. The van der Waals surface area contributed by atoms with E-state index in [2.05, 4.69) is 17.1 Å². The van der Waals surface area contributed by atoms with Crippen molar-refractivity contribution in [1.82, 2.24) is 15.1 Å². The molecule has 2 aliphatic rings. The molecule has 2 aliphatic heterocycles. The maximum atomic E-state index is 13.1. The lowest BCUT2D eigenvalue weighted by atomic mass is 9.94. The van der Waals surface area contributed by atoms with Gasteiger partial charge in [0.15, 0.2) is 0 Å². The van der Waals surface area contributed by atoms with Crippen LogP contribution in [0, 0.1) is 11.8 Å². The fraction of sp³-hybridized carbons (Fsp3) is 0.870. The van der Waals surface area contributed by atoms with Crippen LogP contribution in [0.2, 0.25) is 0 Å². The number of ether oxygens (including phenoxy) is 1. The summed E-state index contributed by atoms with van der Waals surface area (Å²) in [6.07, 6.45) is 7.99. The first kappa shape index (κ1) is 24.6. The van der Waals surface area contributed by atoms with Gasteiger partial charge in [0, 0.05) is 26.2 Å². The summed E-state index contributed by atoms with van der Waals surface area (Å²) in [5.74, 6) is -0.284. The third kappa shape index (κ3) is 7.25. The van der Waals surface area contributed by atoms with Gasteiger partial charge in [0.1, 0.15) is 0 Å². The van der Waals surface area contributed by atoms with E-state index in [0.29, 0.717) is 26.2 Å². The van der Waals surface area contributed by atoms with E-state index in [0.717, 1.165) is 51.6 Å². The minimum absolute atomic E-state index is 0.0474. The smallest absolute Gasteiger partial charge is 0.310 e. The van der Waals surface area contributed by atoms with Crippen molar-refractivity contribution in [3.8, 4) is 0 Å². The van der Waals surface area contributed by atoms with E-state index in [9.17, 15) is 14.4 Å². The van der Waals surface area contributed by atoms with Crippen LogP contribution in [0.3, 0.4) is 0 Å². The summed E-state index contributed by atoms with van der Waals surface area (Å²) in [7, 11) is 0. The van der Waals surface area contributed by atoms with Crippen LogP contribution < -0.4 is 5.32 Å². The standard InChI is InChI=1S/C23H41N3O4/c1-4-6-7-8-13-24-21(27)19-11-9-14-25(16-19)18(3)22(28)26-15-10-12-20(17-26)23(29)30-5-2/h18-20H,4-17H2,1-3H3,(H,24,27). The molecule has 2 fully saturated rings. The van der Waals surface area contributed by atoms with E-state index in [4.69, 9.17) is 4.74 Å². The minimum Gasteiger partial charge on any atom is -0.466 e. The van der Waals surface area contributed by atoms with Crippen molar-refractivity contribution < 1.29 is 19.1 Å². The molecule has 3 unspecified atom stereocenters. The molecule has 7 nitrogen and oxygen atoms in total. The second-order valence-electron chi connectivity index (χ2n) is 8.74. The average Bonchev–Trinajstić information content (AvgIpc) is 2.78. The van der Waals surface area contributed by atoms with Gasteiger partial charge in [-0.2, -0.15) is 0 Å². The van der Waals surface area contributed by atoms with Crippen LogP contribution in [0.5, 0.6) is 0 Å². The van der Waals surface area contributed by atoms with Crippen LogP contribution >= 0.6 is 0 Å². The molecule has 3 atom stereocenters. The Morgan fingerprint density at radius 1 is 1.00 bits per heavy atom. The predicted molar refractivity (Wildman–Crippen MR) is 117 cm³/mol. The number of hydrogen-bond acceptors (Lipinski definition) is 5. The number of hydrogen-bond donors (Lipinski definition) is 1. The van der Waals surface area contributed by atoms with Gasteiger partial charge in [-0.15, -0.1) is 0 Å². The summed E-state index contributed by atoms with van der Waals surface area (Å²) in [6.45, 7) is 9.62. The van der Waals surface area contributed by atoms with Crippen molar-refractivity contribution in [2.75, 3.05) is 39.3 Å². The molecule has 0 saturated carbocycles. The molecule has 2 rings (SSSR count). The van der Waals surface area contributed by atoms with Crippen molar-refractivity contribution >= 4 is 17.8 Å². The first-order valence-electron chi connectivity index (χ1n) is 11.9. The lowest BCUT2D eigenvalue weighted by Gasteiger charge is -2.39. The number of carbonyl (C=O) groups excluding carboxylic acids is 3. The quantitative estimate of drug-likeness (QED) is 0.432. The van der Waals surface area contributed by atoms with Crippen molar-refractivity contribution in [2.45, 2.75) is 78.2 Å². The molecule has 0 bridgehead atoms. The van der Waals surface area contributed by atoms with Gasteiger partial charge in [-0.25, -0.2) is 0 Å². The Bertz CT molecular complexity index is 569. The Morgan fingerprint density at radius 3 is 2.47 bits per heavy atom. The van der Waals surface area contributed by atoms with Crippen LogP contribution in [0.4, 0.5) is 0 Å². The van der Waals surface area contributed by atoms with Crippen molar-refractivity contribution in [1.29, 1.82) is 0 Å². The van der Waals surface area contributed by atoms with Crippen LogP contribution in [-0.4, -0.2) is 73.0 Å². The van der Waals surface area contributed by atoms with Gasteiger partial charge < -0.3 is 15.0 Å². The van der Waals surface area contributed by atoms with Crippen LogP contribution in [0.25, 0.3) is 0 Å². The van der Waals surface area contributed by atoms with Crippen LogP contribution in [-0.2, 0) is 19.1 Å². The molecular weight excluding hydrogens is 382 g/mol. The topological polar surface area (TPSA) is 79.0 Å². The highest BCUT2D eigenvalue weighted by Crippen LogP contribution is 2.23. The van der Waals surface area contributed by atoms with Crippen LogP contribution in [0.15, 0.2) is 0 Å². The van der Waals surface area contributed by atoms with E-state index in [1.165, 1.54) is 12.8 Å². The number of amides is 2. The summed E-state index contributed by atoms with van der Waals surface area (Å²) < 4.78 is 5.15. The first-order chi connectivity index (χ1) is 14.5. The number of piperidine rings is 2. The maximum Gasteiger partial charge on any atom is 0.310 e. The Balaban J connectivity index is 1.83. The van der Waals surface area contributed by atoms with Gasteiger partial charge in [0.25, 0.3) is 0 Å². The minimum atomic E-state index is -0.272. The van der Waals surface area contributed by atoms with Gasteiger partial charge in [0.05, 0.1) is 24.5 Å². The van der Waals surface area contributed by atoms with Gasteiger partial charge in [-0.1, -0.05) is 26.2 Å². The Labute approximate surface area is 181 Å². The molecular formula is C23H41N3O4. The third-order valence-electron chi connectivity index (χ3n) is 6.41. The van der Waals surface area contributed by atoms with E-state index >= 15 is 0 Å². The Hall–Kier alpha value is -1.63. The first-order valence-corrected chi connectivity index (χ1v) is 11.9. The normalized spacial score (nSPS) is 23.6. The molecule has 0 radical (unpaired) electrons. The van der Waals surface area contributed by atoms with Gasteiger partial charge >= 0.3 is 5.97 Å². The monoisotopic (exact) mass is 423 g/mol. The molecule has 30 heavy (non-hydrogen) atoms. The molecule has 2 amide bonds. The lowest BCUT2D eigenvalue weighted by molar-refractivity contribution is -0.152. The summed E-state index contributed by atoms with van der Waals surface area (Å²) in [4.78, 5) is 41.7. The number of nitrogens with zero attached hydrogens (tertiary/aromatic N) is 2. The summed E-state index contributed by atoms with van der Waals surface area (Å²) in [5.41, 5.74) is 0. The summed E-state index contributed by atoms with van der Waals surface area (Å²) >= 11 is 0. The number of unbranched alkanes of at least 4 members (excludes halogenated alkanes) is 3. The van der Waals surface area contributed by atoms with Gasteiger partial charge in [-0.05, 0) is 52.5 Å². The molecule has 172 valence electrons. The zero-order valence-electron chi connectivity index (χ0n) is 19.2. The summed E-state index contributed by atoms with van der Waals surface area (Å²) in [6, 6.07) is -0.272. The number of esters is 1. The molecule has 1 N–H and O–H groups in total. The molecule has 2 heterocycles. The van der Waals surface area contributed by atoms with E-state index in [1.807, 2.05) is 11.8 Å². The number of nitrogens with one attached hydrogen (secondary N) is 1. The summed E-state index contributed by atoms with van der Waals surface area (Å²) in [5, 5.41) is 3.08. The third-order valence-corrected chi connectivity index (χ3v) is 6.41. The molecule has 0 spiro atoms. The molecule has 0 aromatic heterocycles. The second kappa shape index (κ2) is 12.9. The lowest BCUT2D eigenvalue weighted by Crippen LogP contribution is -2.54. The number of likely N-dealkylation sites (tertiary alicyclic amines) is 2.